The molecule has 0 unspecified atom stereocenters. The van der Waals surface area contributed by atoms with Gasteiger partial charge in [0.15, 0.2) is 0 Å². The van der Waals surface area contributed by atoms with Gasteiger partial charge >= 0.3 is 0 Å². The molecule has 6 heteroatoms. The van der Waals surface area contributed by atoms with Crippen molar-refractivity contribution in [3.8, 4) is 0 Å². The Balaban J connectivity index is 2.67. The normalized spacial score (nSPS) is 17.2. The van der Waals surface area contributed by atoms with Crippen molar-refractivity contribution in [3.63, 3.8) is 0 Å². The van der Waals surface area contributed by atoms with E-state index in [1.807, 2.05) is 76.0 Å². The van der Waals surface area contributed by atoms with Gasteiger partial charge in [-0.25, -0.2) is 9.98 Å². The maximum atomic E-state index is 4.79. The first kappa shape index (κ1) is 14.4. The SMILES string of the molecule is CN(C)C1=NC(N(C)C)=C2C(N(C)C)=NC(N(C)C)=C12. The molecular formula is C14H24N6. The van der Waals surface area contributed by atoms with Crippen LogP contribution in [0.15, 0.2) is 32.8 Å². The molecule has 110 valence electrons. The van der Waals surface area contributed by atoms with Crippen molar-refractivity contribution < 1.29 is 0 Å². The van der Waals surface area contributed by atoms with E-state index in [2.05, 4.69) is 0 Å². The molecule has 2 aliphatic rings. The Morgan fingerprint density at radius 3 is 1.00 bits per heavy atom. The molecule has 6 nitrogen and oxygen atoms in total. The van der Waals surface area contributed by atoms with Crippen LogP contribution in [0.1, 0.15) is 0 Å². The van der Waals surface area contributed by atoms with E-state index in [4.69, 9.17) is 9.98 Å². The Bertz CT molecular complexity index is 496. The fraction of sp³-hybridized carbons (Fsp3) is 0.571. The molecule has 0 aliphatic carbocycles. The molecule has 0 aromatic heterocycles. The largest absolute Gasteiger partial charge is 0.362 e. The second kappa shape index (κ2) is 4.85. The highest BCUT2D eigenvalue weighted by molar-refractivity contribution is 6.20. The number of likely N-dealkylation sites (N-methyl/N-ethyl adjacent to an activating group) is 2. The minimum Gasteiger partial charge on any atom is -0.362 e. The van der Waals surface area contributed by atoms with Crippen LogP contribution < -0.4 is 0 Å². The average Bonchev–Trinajstić information content (AvgIpc) is 2.83. The highest BCUT2D eigenvalue weighted by Crippen LogP contribution is 2.37. The molecule has 0 aromatic carbocycles. The molecule has 0 bridgehead atoms. The fourth-order valence-corrected chi connectivity index (χ4v) is 2.37. The standard InChI is InChI=1S/C14H24N6/c1-17(2)11-9-10(13(15-11)19(5)6)14(20(7)8)16-12(9)18(3)4/h1-8H3. The van der Waals surface area contributed by atoms with Crippen molar-refractivity contribution in [1.82, 2.24) is 19.6 Å². The van der Waals surface area contributed by atoms with Crippen molar-refractivity contribution in [2.24, 2.45) is 9.98 Å². The van der Waals surface area contributed by atoms with Gasteiger partial charge in [0.2, 0.25) is 0 Å². The van der Waals surface area contributed by atoms with Gasteiger partial charge in [0.1, 0.15) is 23.3 Å². The van der Waals surface area contributed by atoms with Gasteiger partial charge in [-0.3, -0.25) is 0 Å². The maximum Gasteiger partial charge on any atom is 0.142 e. The molecule has 0 aromatic rings. The van der Waals surface area contributed by atoms with E-state index < -0.39 is 0 Å². The molecule has 0 radical (unpaired) electrons. The van der Waals surface area contributed by atoms with E-state index in [0.29, 0.717) is 0 Å². The number of amidine groups is 2. The molecule has 2 heterocycles. The van der Waals surface area contributed by atoms with E-state index in [-0.39, 0.29) is 0 Å². The van der Waals surface area contributed by atoms with Gasteiger partial charge in [-0.1, -0.05) is 0 Å². The summed E-state index contributed by atoms with van der Waals surface area (Å²) in [6.45, 7) is 0. The summed E-state index contributed by atoms with van der Waals surface area (Å²) in [5.74, 6) is 3.86. The smallest absolute Gasteiger partial charge is 0.142 e. The van der Waals surface area contributed by atoms with Gasteiger partial charge in [-0.15, -0.1) is 0 Å². The maximum absolute atomic E-state index is 4.79. The number of rotatable bonds is 2. The number of fused-ring (bicyclic) bond motifs is 1. The van der Waals surface area contributed by atoms with Crippen molar-refractivity contribution in [2.75, 3.05) is 56.4 Å². The summed E-state index contributed by atoms with van der Waals surface area (Å²) in [5.41, 5.74) is 2.24. The third kappa shape index (κ3) is 2.05. The summed E-state index contributed by atoms with van der Waals surface area (Å²) in [5, 5.41) is 0. The predicted octanol–water partition coefficient (Wildman–Crippen LogP) is 0.480. The van der Waals surface area contributed by atoms with Crippen LogP contribution in [-0.2, 0) is 0 Å². The van der Waals surface area contributed by atoms with E-state index in [1.54, 1.807) is 0 Å². The number of hydrogen-bond donors (Lipinski definition) is 0. The van der Waals surface area contributed by atoms with Crippen LogP contribution in [-0.4, -0.2) is 87.7 Å². The Morgan fingerprint density at radius 2 is 0.800 bits per heavy atom. The highest BCUT2D eigenvalue weighted by Gasteiger charge is 2.38. The lowest BCUT2D eigenvalue weighted by atomic mass is 10.1. The molecule has 0 saturated carbocycles. The summed E-state index contributed by atoms with van der Waals surface area (Å²) in [4.78, 5) is 17.8. The van der Waals surface area contributed by atoms with Crippen LogP contribution in [0, 0.1) is 0 Å². The number of nitrogens with zero attached hydrogens (tertiary/aromatic N) is 6. The Kier molecular flexibility index (Phi) is 3.50. The zero-order valence-corrected chi connectivity index (χ0v) is 13.7. The van der Waals surface area contributed by atoms with Crippen LogP contribution in [0.2, 0.25) is 0 Å². The zero-order valence-electron chi connectivity index (χ0n) is 13.7. The summed E-state index contributed by atoms with van der Waals surface area (Å²) in [7, 11) is 16.1. The Morgan fingerprint density at radius 1 is 0.500 bits per heavy atom. The van der Waals surface area contributed by atoms with Crippen LogP contribution in [0.3, 0.4) is 0 Å². The van der Waals surface area contributed by atoms with E-state index in [0.717, 1.165) is 34.5 Å². The summed E-state index contributed by atoms with van der Waals surface area (Å²) in [6, 6.07) is 0. The molecule has 20 heavy (non-hydrogen) atoms. The Hall–Kier alpha value is -1.98. The number of hydrogen-bond acceptors (Lipinski definition) is 6. The van der Waals surface area contributed by atoms with Gasteiger partial charge in [0.25, 0.3) is 0 Å². The van der Waals surface area contributed by atoms with Crippen LogP contribution in [0.5, 0.6) is 0 Å². The van der Waals surface area contributed by atoms with Gasteiger partial charge in [-0.05, 0) is 0 Å². The first-order chi connectivity index (χ1) is 9.25. The molecule has 0 spiro atoms. The summed E-state index contributed by atoms with van der Waals surface area (Å²) >= 11 is 0. The van der Waals surface area contributed by atoms with Gasteiger partial charge < -0.3 is 19.6 Å². The molecule has 0 amide bonds. The van der Waals surface area contributed by atoms with Crippen molar-refractivity contribution in [3.05, 3.63) is 22.8 Å². The van der Waals surface area contributed by atoms with Crippen molar-refractivity contribution in [2.45, 2.75) is 0 Å². The zero-order chi connectivity index (χ0) is 15.2. The highest BCUT2D eigenvalue weighted by atomic mass is 15.3. The van der Waals surface area contributed by atoms with Gasteiger partial charge in [0.05, 0.1) is 11.1 Å². The quantitative estimate of drug-likeness (QED) is 0.735. The number of aliphatic imine (C=N–C) groups is 2. The lowest BCUT2D eigenvalue weighted by Crippen LogP contribution is -2.27. The van der Waals surface area contributed by atoms with Crippen molar-refractivity contribution in [1.29, 1.82) is 0 Å². The van der Waals surface area contributed by atoms with E-state index in [9.17, 15) is 0 Å². The Labute approximate surface area is 121 Å². The molecule has 0 N–H and O–H groups in total. The lowest BCUT2D eigenvalue weighted by Gasteiger charge is -2.17. The van der Waals surface area contributed by atoms with Gasteiger partial charge in [-0.2, -0.15) is 0 Å². The molecule has 0 atom stereocenters. The predicted molar refractivity (Wildman–Crippen MR) is 83.7 cm³/mol. The first-order valence-corrected chi connectivity index (χ1v) is 6.62. The van der Waals surface area contributed by atoms with Gasteiger partial charge in [0, 0.05) is 56.4 Å². The van der Waals surface area contributed by atoms with Crippen LogP contribution >= 0.6 is 0 Å². The minimum atomic E-state index is 0.966. The second-order valence-corrected chi connectivity index (χ2v) is 5.85. The monoisotopic (exact) mass is 276 g/mol. The van der Waals surface area contributed by atoms with E-state index >= 15 is 0 Å². The lowest BCUT2D eigenvalue weighted by molar-refractivity contribution is 0.500. The average molecular weight is 276 g/mol. The summed E-state index contributed by atoms with van der Waals surface area (Å²) < 4.78 is 0. The van der Waals surface area contributed by atoms with Crippen LogP contribution in [0.4, 0.5) is 0 Å². The molecule has 2 aliphatic heterocycles. The van der Waals surface area contributed by atoms with Crippen LogP contribution in [0.25, 0.3) is 0 Å². The van der Waals surface area contributed by atoms with E-state index in [1.165, 1.54) is 0 Å². The third-order valence-corrected chi connectivity index (χ3v) is 3.26. The minimum absolute atomic E-state index is 0.966. The first-order valence-electron chi connectivity index (χ1n) is 6.62. The molecule has 0 fully saturated rings. The van der Waals surface area contributed by atoms with Crippen molar-refractivity contribution >= 4 is 11.7 Å². The second-order valence-electron chi connectivity index (χ2n) is 5.85. The molecule has 2 rings (SSSR count). The third-order valence-electron chi connectivity index (χ3n) is 3.26. The fourth-order valence-electron chi connectivity index (χ4n) is 2.37. The summed E-state index contributed by atoms with van der Waals surface area (Å²) in [6.07, 6.45) is 0. The molecule has 0 saturated heterocycles. The molecular weight excluding hydrogens is 252 g/mol. The topological polar surface area (TPSA) is 37.7 Å².